The summed E-state index contributed by atoms with van der Waals surface area (Å²) < 4.78 is 40.5. The third-order valence-electron chi connectivity index (χ3n) is 5.19. The quantitative estimate of drug-likeness (QED) is 0.613. The smallest absolute Gasteiger partial charge is 0.151 e. The lowest BCUT2D eigenvalue weighted by molar-refractivity contribution is -0.0962. The van der Waals surface area contributed by atoms with Crippen LogP contribution in [-0.2, 0) is 16.0 Å². The van der Waals surface area contributed by atoms with Crippen LogP contribution in [0.2, 0.25) is 0 Å². The zero-order chi connectivity index (χ0) is 21.1. The zero-order valence-electron chi connectivity index (χ0n) is 17.1. The molecule has 1 saturated heterocycles. The summed E-state index contributed by atoms with van der Waals surface area (Å²) in [4.78, 5) is 2.14. The van der Waals surface area contributed by atoms with E-state index in [0.717, 1.165) is 28.5 Å². The summed E-state index contributed by atoms with van der Waals surface area (Å²) in [5.74, 6) is -1.27. The van der Waals surface area contributed by atoms with Crippen LogP contribution in [0.4, 0.5) is 8.78 Å². The van der Waals surface area contributed by atoms with Crippen molar-refractivity contribution < 1.29 is 18.3 Å². The van der Waals surface area contributed by atoms with E-state index in [1.807, 2.05) is 44.4 Å². The van der Waals surface area contributed by atoms with Crippen molar-refractivity contribution in [1.82, 2.24) is 14.7 Å². The molecule has 158 valence electrons. The lowest BCUT2D eigenvalue weighted by Gasteiger charge is -2.27. The van der Waals surface area contributed by atoms with Crippen LogP contribution in [0.1, 0.15) is 11.1 Å². The molecule has 0 radical (unpaired) electrons. The van der Waals surface area contributed by atoms with Crippen molar-refractivity contribution in [2.24, 2.45) is 0 Å². The molecule has 0 saturated carbocycles. The number of ether oxygens (including phenoxy) is 2. The Hall–Kier alpha value is -2.61. The fourth-order valence-corrected chi connectivity index (χ4v) is 3.73. The third kappa shape index (κ3) is 4.59. The number of benzene rings is 2. The van der Waals surface area contributed by atoms with Gasteiger partial charge >= 0.3 is 0 Å². The molecule has 0 amide bonds. The van der Waals surface area contributed by atoms with Crippen LogP contribution in [-0.4, -0.2) is 54.2 Å². The van der Waals surface area contributed by atoms with Crippen molar-refractivity contribution in [3.05, 3.63) is 71.4 Å². The Kier molecular flexibility index (Phi) is 6.22. The van der Waals surface area contributed by atoms with E-state index < -0.39 is 11.6 Å². The number of aromatic nitrogens is 2. The van der Waals surface area contributed by atoms with Gasteiger partial charge in [-0.25, -0.2) is 13.5 Å². The van der Waals surface area contributed by atoms with Gasteiger partial charge in [0.05, 0.1) is 31.6 Å². The van der Waals surface area contributed by atoms with Gasteiger partial charge in [-0.15, -0.1) is 0 Å². The molecule has 0 spiro atoms. The normalized spacial score (nSPS) is 16.9. The Morgan fingerprint density at radius 3 is 2.73 bits per heavy atom. The maximum atomic E-state index is 14.4. The van der Waals surface area contributed by atoms with Gasteiger partial charge in [-0.1, -0.05) is 24.3 Å². The first kappa shape index (κ1) is 20.7. The highest BCUT2D eigenvalue weighted by Crippen LogP contribution is 2.28. The second kappa shape index (κ2) is 9.04. The average molecular weight is 413 g/mol. The van der Waals surface area contributed by atoms with Crippen LogP contribution < -0.4 is 0 Å². The molecule has 1 aromatic heterocycles. The van der Waals surface area contributed by atoms with Crippen molar-refractivity contribution in [1.29, 1.82) is 0 Å². The first-order valence-electron chi connectivity index (χ1n) is 9.99. The number of nitrogens with zero attached hydrogens (tertiary/aromatic N) is 3. The van der Waals surface area contributed by atoms with Crippen molar-refractivity contribution in [3.8, 4) is 16.9 Å². The monoisotopic (exact) mass is 413 g/mol. The minimum atomic E-state index is -0.651. The van der Waals surface area contributed by atoms with Gasteiger partial charge in [0.15, 0.2) is 5.82 Å². The van der Waals surface area contributed by atoms with Crippen LogP contribution in [0.25, 0.3) is 16.9 Å². The molecule has 1 aliphatic heterocycles. The fraction of sp³-hybridized carbons (Fsp3) is 0.348. The maximum absolute atomic E-state index is 14.4. The summed E-state index contributed by atoms with van der Waals surface area (Å²) in [6.45, 7) is 5.15. The van der Waals surface area contributed by atoms with Crippen LogP contribution >= 0.6 is 0 Å². The summed E-state index contributed by atoms with van der Waals surface area (Å²) >= 11 is 0. The summed E-state index contributed by atoms with van der Waals surface area (Å²) in [7, 11) is 2.01. The highest BCUT2D eigenvalue weighted by molar-refractivity contribution is 5.66. The molecule has 0 N–H and O–H groups in total. The number of likely N-dealkylation sites (N-methyl/N-ethyl adjacent to an activating group) is 1. The SMILES string of the molecule is Cc1ccccc1-c1nn(-c2ccc(F)cc2F)cc1CN(C)CC1COCCO1. The third-order valence-corrected chi connectivity index (χ3v) is 5.19. The van der Waals surface area contributed by atoms with E-state index in [9.17, 15) is 8.78 Å². The Balaban J connectivity index is 1.66. The molecule has 0 aliphatic carbocycles. The molecule has 3 aromatic rings. The molecule has 1 fully saturated rings. The molecule has 2 heterocycles. The van der Waals surface area contributed by atoms with E-state index in [1.54, 1.807) is 0 Å². The fourth-order valence-electron chi connectivity index (χ4n) is 3.73. The van der Waals surface area contributed by atoms with Crippen molar-refractivity contribution in [2.45, 2.75) is 19.6 Å². The van der Waals surface area contributed by atoms with Crippen molar-refractivity contribution in [3.63, 3.8) is 0 Å². The van der Waals surface area contributed by atoms with Crippen LogP contribution in [0, 0.1) is 18.6 Å². The van der Waals surface area contributed by atoms with Crippen LogP contribution in [0.5, 0.6) is 0 Å². The van der Waals surface area contributed by atoms with Crippen molar-refractivity contribution in [2.75, 3.05) is 33.4 Å². The Bertz CT molecular complexity index is 1020. The number of halogens is 2. The van der Waals surface area contributed by atoms with Crippen molar-refractivity contribution >= 4 is 0 Å². The van der Waals surface area contributed by atoms with E-state index in [0.29, 0.717) is 32.9 Å². The van der Waals surface area contributed by atoms with Gasteiger partial charge in [0.1, 0.15) is 11.5 Å². The lowest BCUT2D eigenvalue weighted by Crippen LogP contribution is -2.38. The van der Waals surface area contributed by atoms with E-state index in [2.05, 4.69) is 10.00 Å². The maximum Gasteiger partial charge on any atom is 0.151 e. The van der Waals surface area contributed by atoms with E-state index in [1.165, 1.54) is 16.8 Å². The molecule has 1 atom stereocenters. The number of aryl methyl sites for hydroxylation is 1. The standard InChI is InChI=1S/C23H25F2N3O2/c1-16-5-3-4-6-20(16)23-17(12-27(2)14-19-15-29-9-10-30-19)13-28(26-23)22-8-7-18(24)11-21(22)25/h3-8,11,13,19H,9-10,12,14-15H2,1-2H3. The van der Waals surface area contributed by atoms with E-state index in [4.69, 9.17) is 9.47 Å². The molecule has 5 nitrogen and oxygen atoms in total. The Morgan fingerprint density at radius 2 is 2.00 bits per heavy atom. The lowest BCUT2D eigenvalue weighted by atomic mass is 10.0. The predicted octanol–water partition coefficient (Wildman–Crippen LogP) is 3.97. The minimum absolute atomic E-state index is 0.0234. The zero-order valence-corrected chi connectivity index (χ0v) is 17.1. The Morgan fingerprint density at radius 1 is 1.17 bits per heavy atom. The van der Waals surface area contributed by atoms with Gasteiger partial charge < -0.3 is 9.47 Å². The van der Waals surface area contributed by atoms with Gasteiger partial charge in [-0.05, 0) is 31.7 Å². The van der Waals surface area contributed by atoms with E-state index in [-0.39, 0.29) is 11.8 Å². The van der Waals surface area contributed by atoms with Crippen LogP contribution in [0.3, 0.4) is 0 Å². The summed E-state index contributed by atoms with van der Waals surface area (Å²) in [5, 5.41) is 4.67. The largest absolute Gasteiger partial charge is 0.376 e. The second-order valence-electron chi connectivity index (χ2n) is 7.62. The summed E-state index contributed by atoms with van der Waals surface area (Å²) in [6, 6.07) is 11.5. The molecule has 1 aliphatic rings. The molecular formula is C23H25F2N3O2. The molecular weight excluding hydrogens is 388 g/mol. The molecule has 7 heteroatoms. The number of rotatable bonds is 6. The first-order valence-corrected chi connectivity index (χ1v) is 9.99. The van der Waals surface area contributed by atoms with Crippen LogP contribution in [0.15, 0.2) is 48.7 Å². The highest BCUT2D eigenvalue weighted by atomic mass is 19.1. The summed E-state index contributed by atoms with van der Waals surface area (Å²) in [6.07, 6.45) is 1.84. The van der Waals surface area contributed by atoms with Gasteiger partial charge in [-0.3, -0.25) is 4.90 Å². The number of hydrogen-bond donors (Lipinski definition) is 0. The first-order chi connectivity index (χ1) is 14.5. The molecule has 30 heavy (non-hydrogen) atoms. The predicted molar refractivity (Wildman–Crippen MR) is 111 cm³/mol. The topological polar surface area (TPSA) is 39.5 Å². The number of hydrogen-bond acceptors (Lipinski definition) is 4. The molecule has 4 rings (SSSR count). The van der Waals surface area contributed by atoms with Gasteiger partial charge in [0.25, 0.3) is 0 Å². The molecule has 1 unspecified atom stereocenters. The van der Waals surface area contributed by atoms with Gasteiger partial charge in [-0.2, -0.15) is 5.10 Å². The summed E-state index contributed by atoms with van der Waals surface area (Å²) in [5.41, 5.74) is 4.01. The van der Waals surface area contributed by atoms with Gasteiger partial charge in [0.2, 0.25) is 0 Å². The van der Waals surface area contributed by atoms with Gasteiger partial charge in [0, 0.05) is 36.5 Å². The van der Waals surface area contributed by atoms with E-state index >= 15 is 0 Å². The average Bonchev–Trinajstić information content (AvgIpc) is 3.12. The second-order valence-corrected chi connectivity index (χ2v) is 7.62. The highest BCUT2D eigenvalue weighted by Gasteiger charge is 2.20. The molecule has 2 aromatic carbocycles. The Labute approximate surface area is 174 Å². The minimum Gasteiger partial charge on any atom is -0.376 e. The molecule has 0 bridgehead atoms.